The summed E-state index contributed by atoms with van der Waals surface area (Å²) in [4.78, 5) is 21.6. The second-order valence-corrected chi connectivity index (χ2v) is 13.1. The molecule has 0 bridgehead atoms. The van der Waals surface area contributed by atoms with E-state index in [2.05, 4.69) is 119 Å². The molecule has 1 amide bonds. The second-order valence-electron chi connectivity index (χ2n) is 13.1. The summed E-state index contributed by atoms with van der Waals surface area (Å²) in [6.45, 7) is 8.14. The highest BCUT2D eigenvalue weighted by Crippen LogP contribution is 2.47. The second kappa shape index (κ2) is 11.3. The molecule has 2 fully saturated rings. The van der Waals surface area contributed by atoms with Crippen LogP contribution in [0.1, 0.15) is 63.9 Å². The lowest BCUT2D eigenvalue weighted by Crippen LogP contribution is -2.61. The van der Waals surface area contributed by atoms with Crippen LogP contribution in [-0.2, 0) is 18.3 Å². The van der Waals surface area contributed by atoms with E-state index < -0.39 is 0 Å². The summed E-state index contributed by atoms with van der Waals surface area (Å²) in [7, 11) is 0. The highest BCUT2D eigenvalue weighted by Gasteiger charge is 2.52. The molecule has 4 aliphatic heterocycles. The van der Waals surface area contributed by atoms with Gasteiger partial charge < -0.3 is 20.0 Å². The molecule has 1 spiro atoms. The highest BCUT2D eigenvalue weighted by molar-refractivity contribution is 5.95. The summed E-state index contributed by atoms with van der Waals surface area (Å²) in [6.07, 6.45) is 11.4. The van der Waals surface area contributed by atoms with E-state index in [1.54, 1.807) is 5.56 Å². The molecule has 2 saturated heterocycles. The minimum Gasteiger partial charge on any atom is -0.355 e. The lowest BCUT2D eigenvalue weighted by atomic mass is 9.68. The van der Waals surface area contributed by atoms with Crippen molar-refractivity contribution < 1.29 is 4.79 Å². The number of carbonyl (C=O) groups is 1. The molecule has 0 aliphatic carbocycles. The Morgan fingerprint density at radius 1 is 0.905 bits per heavy atom. The smallest absolute Gasteiger partial charge is 0.254 e. The van der Waals surface area contributed by atoms with Crippen molar-refractivity contribution in [3.8, 4) is 0 Å². The van der Waals surface area contributed by atoms with Crippen LogP contribution in [0.3, 0.4) is 0 Å². The maximum absolute atomic E-state index is 14.1. The molecule has 3 atom stereocenters. The van der Waals surface area contributed by atoms with Crippen molar-refractivity contribution in [3.63, 3.8) is 0 Å². The van der Waals surface area contributed by atoms with E-state index in [0.717, 1.165) is 81.4 Å². The first kappa shape index (κ1) is 27.3. The highest BCUT2D eigenvalue weighted by atomic mass is 16.2. The number of hydrogen-bond donors (Lipinski definition) is 1. The molecule has 218 valence electrons. The van der Waals surface area contributed by atoms with E-state index >= 15 is 0 Å². The first-order chi connectivity index (χ1) is 20.5. The normalized spacial score (nSPS) is 24.8. The van der Waals surface area contributed by atoms with Crippen molar-refractivity contribution in [2.75, 3.05) is 26.2 Å². The number of carbonyl (C=O) groups excluding carboxylic acids is 1. The molecule has 0 aromatic heterocycles. The summed E-state index contributed by atoms with van der Waals surface area (Å²) in [6, 6.07) is 26.8. The number of aryl methyl sites for hydroxylation is 2. The molecule has 4 aliphatic rings. The molecular formula is C37H44N4O. The Morgan fingerprint density at radius 3 is 2.43 bits per heavy atom. The summed E-state index contributed by atoms with van der Waals surface area (Å²) in [5, 5.41) is 3.66. The SMILES string of the molecule is Cc1cc(C)cc(C(=O)N2CC[C@H](N3C=CN4CCc5ccccc5C5(CCNCC5)C43)C[C@H]2Cc2ccccc2)c1. The van der Waals surface area contributed by atoms with E-state index in [4.69, 9.17) is 0 Å². The Bertz CT molecular complexity index is 1440. The Morgan fingerprint density at radius 2 is 1.64 bits per heavy atom. The van der Waals surface area contributed by atoms with Gasteiger partial charge in [-0.2, -0.15) is 0 Å². The van der Waals surface area contributed by atoms with Crippen LogP contribution in [0.4, 0.5) is 0 Å². The molecule has 4 heterocycles. The van der Waals surface area contributed by atoms with Crippen LogP contribution in [0.25, 0.3) is 0 Å². The van der Waals surface area contributed by atoms with Gasteiger partial charge in [-0.1, -0.05) is 71.8 Å². The van der Waals surface area contributed by atoms with E-state index in [1.165, 1.54) is 11.1 Å². The molecular weight excluding hydrogens is 516 g/mol. The molecule has 7 rings (SSSR count). The molecule has 3 aromatic carbocycles. The minimum atomic E-state index is 0.100. The molecule has 1 unspecified atom stereocenters. The number of benzene rings is 3. The quantitative estimate of drug-likeness (QED) is 0.437. The van der Waals surface area contributed by atoms with E-state index in [9.17, 15) is 4.79 Å². The largest absolute Gasteiger partial charge is 0.355 e. The van der Waals surface area contributed by atoms with Crippen LogP contribution in [0.2, 0.25) is 0 Å². The van der Waals surface area contributed by atoms with Crippen molar-refractivity contribution in [1.82, 2.24) is 20.0 Å². The molecule has 0 saturated carbocycles. The van der Waals surface area contributed by atoms with Gasteiger partial charge in [-0.05, 0) is 94.3 Å². The zero-order chi connectivity index (χ0) is 28.7. The molecule has 5 heteroatoms. The predicted octanol–water partition coefficient (Wildman–Crippen LogP) is 5.81. The zero-order valence-electron chi connectivity index (χ0n) is 25.1. The molecule has 5 nitrogen and oxygen atoms in total. The van der Waals surface area contributed by atoms with Gasteiger partial charge in [0.25, 0.3) is 5.91 Å². The Balaban J connectivity index is 1.21. The molecule has 3 aromatic rings. The number of rotatable bonds is 4. The third kappa shape index (κ3) is 4.92. The number of amides is 1. The third-order valence-corrected chi connectivity index (χ3v) is 10.4. The van der Waals surface area contributed by atoms with Crippen molar-refractivity contribution in [3.05, 3.63) is 119 Å². The monoisotopic (exact) mass is 560 g/mol. The van der Waals surface area contributed by atoms with Gasteiger partial charge in [0.1, 0.15) is 6.17 Å². The van der Waals surface area contributed by atoms with Gasteiger partial charge in [-0.25, -0.2) is 0 Å². The van der Waals surface area contributed by atoms with Gasteiger partial charge in [0.05, 0.1) is 0 Å². The fraction of sp³-hybridized carbons (Fsp3) is 0.432. The Hall–Kier alpha value is -3.57. The number of nitrogens with zero attached hydrogens (tertiary/aromatic N) is 3. The minimum absolute atomic E-state index is 0.100. The van der Waals surface area contributed by atoms with E-state index in [1.807, 2.05) is 0 Å². The first-order valence-electron chi connectivity index (χ1n) is 16.0. The molecule has 42 heavy (non-hydrogen) atoms. The van der Waals surface area contributed by atoms with Gasteiger partial charge >= 0.3 is 0 Å². The van der Waals surface area contributed by atoms with Crippen molar-refractivity contribution in [2.24, 2.45) is 0 Å². The van der Waals surface area contributed by atoms with Crippen LogP contribution < -0.4 is 5.32 Å². The van der Waals surface area contributed by atoms with Crippen molar-refractivity contribution >= 4 is 5.91 Å². The summed E-state index contributed by atoms with van der Waals surface area (Å²) < 4.78 is 0. The lowest BCUT2D eigenvalue weighted by Gasteiger charge is -2.52. The van der Waals surface area contributed by atoms with Gasteiger partial charge in [0.15, 0.2) is 0 Å². The average Bonchev–Trinajstić information content (AvgIpc) is 3.40. The number of fused-ring (bicyclic) bond motifs is 4. The van der Waals surface area contributed by atoms with Crippen LogP contribution in [0, 0.1) is 13.8 Å². The Labute approximate surface area is 251 Å². The van der Waals surface area contributed by atoms with Crippen molar-refractivity contribution in [2.45, 2.75) is 76.0 Å². The predicted molar refractivity (Wildman–Crippen MR) is 169 cm³/mol. The lowest BCUT2D eigenvalue weighted by molar-refractivity contribution is -0.000333. The van der Waals surface area contributed by atoms with Crippen LogP contribution in [0.5, 0.6) is 0 Å². The molecule has 0 radical (unpaired) electrons. The zero-order valence-corrected chi connectivity index (χ0v) is 25.1. The summed E-state index contributed by atoms with van der Waals surface area (Å²) >= 11 is 0. The topological polar surface area (TPSA) is 38.8 Å². The van der Waals surface area contributed by atoms with Gasteiger partial charge in [-0.15, -0.1) is 0 Å². The van der Waals surface area contributed by atoms with Crippen LogP contribution in [0.15, 0.2) is 85.2 Å². The maximum Gasteiger partial charge on any atom is 0.254 e. The van der Waals surface area contributed by atoms with E-state index in [0.29, 0.717) is 12.2 Å². The van der Waals surface area contributed by atoms with Crippen LogP contribution >= 0.6 is 0 Å². The average molecular weight is 561 g/mol. The number of piperidine rings is 2. The fourth-order valence-corrected chi connectivity index (χ4v) is 8.54. The van der Waals surface area contributed by atoms with Gasteiger partial charge in [0, 0.05) is 48.6 Å². The summed E-state index contributed by atoms with van der Waals surface area (Å²) in [5.74, 6) is 0.179. The third-order valence-electron chi connectivity index (χ3n) is 10.4. The standard InChI is InChI=1S/C37H44N4O/c1-27-22-28(2)24-31(23-27)35(42)40-19-13-32(26-33(40)25-29-8-4-3-5-9-29)41-21-20-39-18-12-30-10-6-7-11-34(30)37(36(39)41)14-16-38-17-15-37/h3-11,20-24,32-33,36,38H,12-19,25-26H2,1-2H3/t32-,33+,36?/m0/s1. The van der Waals surface area contributed by atoms with Gasteiger partial charge in [0.2, 0.25) is 0 Å². The van der Waals surface area contributed by atoms with Crippen molar-refractivity contribution in [1.29, 1.82) is 0 Å². The Kier molecular flexibility index (Phi) is 7.31. The van der Waals surface area contributed by atoms with Gasteiger partial charge in [-0.3, -0.25) is 4.79 Å². The molecule has 1 N–H and O–H groups in total. The number of hydrogen-bond acceptors (Lipinski definition) is 4. The van der Waals surface area contributed by atoms with E-state index in [-0.39, 0.29) is 17.4 Å². The number of nitrogens with one attached hydrogen (secondary N) is 1. The summed E-state index contributed by atoms with van der Waals surface area (Å²) in [5.41, 5.74) is 7.62. The number of likely N-dealkylation sites (tertiary alicyclic amines) is 1. The maximum atomic E-state index is 14.1. The fourth-order valence-electron chi connectivity index (χ4n) is 8.54. The van der Waals surface area contributed by atoms with Crippen LogP contribution in [-0.4, -0.2) is 65.0 Å². The first-order valence-corrected chi connectivity index (χ1v) is 16.0.